The van der Waals surface area contributed by atoms with Crippen LogP contribution in [0, 0.1) is 0 Å². The number of nitrogens with zero attached hydrogens (tertiary/aromatic N) is 1. The number of amides is 1. The highest BCUT2D eigenvalue weighted by molar-refractivity contribution is 7.18. The molecule has 1 aliphatic carbocycles. The number of thiophene rings is 1. The monoisotopic (exact) mass is 393 g/mol. The van der Waals surface area contributed by atoms with E-state index in [2.05, 4.69) is 15.3 Å². The Kier molecular flexibility index (Phi) is 4.27. The summed E-state index contributed by atoms with van der Waals surface area (Å²) < 4.78 is 0. The maximum atomic E-state index is 12.4. The fourth-order valence-corrected chi connectivity index (χ4v) is 4.80. The molecule has 2 heterocycles. The first-order chi connectivity index (χ1) is 12.0. The first-order valence-corrected chi connectivity index (χ1v) is 9.37. The molecule has 2 aromatic heterocycles. The molecule has 128 valence electrons. The van der Waals surface area contributed by atoms with Gasteiger partial charge in [-0.15, -0.1) is 11.3 Å². The van der Waals surface area contributed by atoms with Gasteiger partial charge in [-0.3, -0.25) is 9.59 Å². The van der Waals surface area contributed by atoms with E-state index in [1.165, 1.54) is 4.88 Å². The Labute approximate surface area is 157 Å². The summed E-state index contributed by atoms with van der Waals surface area (Å²) in [6.07, 6.45) is 2.98. The largest absolute Gasteiger partial charge is 0.324 e. The van der Waals surface area contributed by atoms with Crippen LogP contribution >= 0.6 is 34.5 Å². The Hall–Kier alpha value is -1.89. The summed E-state index contributed by atoms with van der Waals surface area (Å²) >= 11 is 13.4. The number of H-pyrrole nitrogens is 1. The van der Waals surface area contributed by atoms with Crippen LogP contribution in [0.25, 0.3) is 10.2 Å². The normalized spacial score (nSPS) is 13.2. The predicted molar refractivity (Wildman–Crippen MR) is 101 cm³/mol. The smallest absolute Gasteiger partial charge is 0.259 e. The number of hydrogen-bond donors (Lipinski definition) is 2. The van der Waals surface area contributed by atoms with Gasteiger partial charge in [-0.1, -0.05) is 23.2 Å². The topological polar surface area (TPSA) is 74.8 Å². The van der Waals surface area contributed by atoms with Crippen molar-refractivity contribution in [2.45, 2.75) is 25.7 Å². The average molecular weight is 394 g/mol. The van der Waals surface area contributed by atoms with Crippen molar-refractivity contribution in [1.82, 2.24) is 9.97 Å². The van der Waals surface area contributed by atoms with E-state index in [-0.39, 0.29) is 17.9 Å². The van der Waals surface area contributed by atoms with Crippen LogP contribution in [-0.4, -0.2) is 15.9 Å². The molecule has 0 unspecified atom stereocenters. The number of hydrogen-bond acceptors (Lipinski definition) is 4. The van der Waals surface area contributed by atoms with E-state index in [0.717, 1.165) is 24.8 Å². The SMILES string of the molecule is O=C(Cc1nc2sc3c(c2c(=O)[nH]1)CCC3)Nc1ccc(Cl)cc1Cl. The fourth-order valence-electron chi connectivity index (χ4n) is 3.07. The van der Waals surface area contributed by atoms with Gasteiger partial charge in [-0.05, 0) is 43.0 Å². The Balaban J connectivity index is 1.58. The van der Waals surface area contributed by atoms with Crippen LogP contribution in [0.3, 0.4) is 0 Å². The van der Waals surface area contributed by atoms with Crippen LogP contribution in [0.15, 0.2) is 23.0 Å². The number of aryl methyl sites for hydroxylation is 2. The number of carbonyl (C=O) groups excluding carboxylic acids is 1. The van der Waals surface area contributed by atoms with E-state index >= 15 is 0 Å². The molecule has 0 fully saturated rings. The van der Waals surface area contributed by atoms with Crippen LogP contribution in [0.1, 0.15) is 22.7 Å². The summed E-state index contributed by atoms with van der Waals surface area (Å²) in [5.41, 5.74) is 1.42. The second-order valence-electron chi connectivity index (χ2n) is 5.90. The van der Waals surface area contributed by atoms with Gasteiger partial charge in [0.25, 0.3) is 5.56 Å². The summed E-state index contributed by atoms with van der Waals surface area (Å²) in [6.45, 7) is 0. The van der Waals surface area contributed by atoms with Crippen molar-refractivity contribution in [2.24, 2.45) is 0 Å². The Morgan fingerprint density at radius 1 is 1.32 bits per heavy atom. The average Bonchev–Trinajstić information content (AvgIpc) is 3.10. The summed E-state index contributed by atoms with van der Waals surface area (Å²) in [4.78, 5) is 33.8. The molecule has 3 aromatic rings. The minimum Gasteiger partial charge on any atom is -0.324 e. The first-order valence-electron chi connectivity index (χ1n) is 7.79. The highest BCUT2D eigenvalue weighted by Crippen LogP contribution is 2.34. The zero-order chi connectivity index (χ0) is 17.6. The maximum Gasteiger partial charge on any atom is 0.259 e. The van der Waals surface area contributed by atoms with Gasteiger partial charge in [0.05, 0.1) is 22.5 Å². The third-order valence-electron chi connectivity index (χ3n) is 4.16. The standard InChI is InChI=1S/C17H13Cl2N3O2S/c18-8-4-5-11(10(19)6-8)20-14(23)7-13-21-16(24)15-9-2-1-3-12(9)25-17(15)22-13/h4-6H,1-3,7H2,(H,20,23)(H,21,22,24). The molecule has 1 aliphatic rings. The van der Waals surface area contributed by atoms with Gasteiger partial charge in [0, 0.05) is 9.90 Å². The number of benzene rings is 1. The summed E-state index contributed by atoms with van der Waals surface area (Å²) in [5.74, 6) is 0.0378. The molecule has 5 nitrogen and oxygen atoms in total. The highest BCUT2D eigenvalue weighted by Gasteiger charge is 2.21. The minimum absolute atomic E-state index is 0.0350. The lowest BCUT2D eigenvalue weighted by Crippen LogP contribution is -2.19. The lowest BCUT2D eigenvalue weighted by Gasteiger charge is -2.07. The molecule has 8 heteroatoms. The Bertz CT molecular complexity index is 1060. The lowest BCUT2D eigenvalue weighted by atomic mass is 10.2. The second-order valence-corrected chi connectivity index (χ2v) is 7.83. The maximum absolute atomic E-state index is 12.4. The summed E-state index contributed by atoms with van der Waals surface area (Å²) in [7, 11) is 0. The van der Waals surface area contributed by atoms with Crippen LogP contribution in [0.4, 0.5) is 5.69 Å². The molecule has 25 heavy (non-hydrogen) atoms. The van der Waals surface area contributed by atoms with Gasteiger partial charge >= 0.3 is 0 Å². The molecule has 0 spiro atoms. The predicted octanol–water partition coefficient (Wildman–Crippen LogP) is 3.96. The van der Waals surface area contributed by atoms with Gasteiger partial charge < -0.3 is 10.3 Å². The zero-order valence-electron chi connectivity index (χ0n) is 13.0. The van der Waals surface area contributed by atoms with Crippen molar-refractivity contribution < 1.29 is 4.79 Å². The van der Waals surface area contributed by atoms with Gasteiger partial charge in [0.2, 0.25) is 5.91 Å². The van der Waals surface area contributed by atoms with Crippen molar-refractivity contribution in [2.75, 3.05) is 5.32 Å². The first kappa shape index (κ1) is 16.6. The number of aromatic amines is 1. The van der Waals surface area contributed by atoms with Crippen molar-refractivity contribution in [3.05, 3.63) is 54.9 Å². The van der Waals surface area contributed by atoms with E-state index in [1.54, 1.807) is 29.5 Å². The minimum atomic E-state index is -0.309. The molecule has 1 amide bonds. The molecule has 0 aliphatic heterocycles. The van der Waals surface area contributed by atoms with Gasteiger partial charge in [-0.25, -0.2) is 4.98 Å². The third kappa shape index (κ3) is 3.17. The molecule has 2 N–H and O–H groups in total. The highest BCUT2D eigenvalue weighted by atomic mass is 35.5. The molecule has 0 atom stereocenters. The number of anilines is 1. The van der Waals surface area contributed by atoms with Crippen molar-refractivity contribution in [3.8, 4) is 0 Å². The van der Waals surface area contributed by atoms with E-state index in [4.69, 9.17) is 23.2 Å². The molecule has 0 saturated carbocycles. The molecular formula is C17H13Cl2N3O2S. The number of fused-ring (bicyclic) bond motifs is 3. The van der Waals surface area contributed by atoms with Crippen LogP contribution in [0.2, 0.25) is 10.0 Å². The summed E-state index contributed by atoms with van der Waals surface area (Å²) in [5, 5.41) is 4.23. The van der Waals surface area contributed by atoms with Crippen LogP contribution in [0.5, 0.6) is 0 Å². The molecule has 0 saturated heterocycles. The third-order valence-corrected chi connectivity index (χ3v) is 5.89. The molecule has 4 rings (SSSR count). The van der Waals surface area contributed by atoms with Crippen LogP contribution < -0.4 is 10.9 Å². The Morgan fingerprint density at radius 2 is 2.16 bits per heavy atom. The van der Waals surface area contributed by atoms with E-state index in [9.17, 15) is 9.59 Å². The molecular weight excluding hydrogens is 381 g/mol. The number of rotatable bonds is 3. The van der Waals surface area contributed by atoms with Crippen LogP contribution in [-0.2, 0) is 24.1 Å². The number of halogens is 2. The lowest BCUT2D eigenvalue weighted by molar-refractivity contribution is -0.115. The van der Waals surface area contributed by atoms with Gasteiger partial charge in [0.15, 0.2) is 0 Å². The van der Waals surface area contributed by atoms with E-state index < -0.39 is 0 Å². The second kappa shape index (κ2) is 6.44. The molecule has 1 aromatic carbocycles. The Morgan fingerprint density at radius 3 is 2.96 bits per heavy atom. The van der Waals surface area contributed by atoms with E-state index in [0.29, 0.717) is 31.8 Å². The van der Waals surface area contributed by atoms with Crippen molar-refractivity contribution >= 4 is 56.3 Å². The number of carbonyl (C=O) groups is 1. The van der Waals surface area contributed by atoms with Crippen molar-refractivity contribution in [3.63, 3.8) is 0 Å². The number of aromatic nitrogens is 2. The summed E-state index contributed by atoms with van der Waals surface area (Å²) in [6, 6.07) is 4.83. The number of nitrogens with one attached hydrogen (secondary N) is 2. The molecule has 0 bridgehead atoms. The fraction of sp³-hybridized carbons (Fsp3) is 0.235. The van der Waals surface area contributed by atoms with Gasteiger partial charge in [-0.2, -0.15) is 0 Å². The van der Waals surface area contributed by atoms with Crippen molar-refractivity contribution in [1.29, 1.82) is 0 Å². The molecule has 0 radical (unpaired) electrons. The van der Waals surface area contributed by atoms with E-state index in [1.807, 2.05) is 0 Å². The van der Waals surface area contributed by atoms with Gasteiger partial charge in [0.1, 0.15) is 10.7 Å². The quantitative estimate of drug-likeness (QED) is 0.706. The zero-order valence-corrected chi connectivity index (χ0v) is 15.3.